The van der Waals surface area contributed by atoms with Crippen LogP contribution in [-0.2, 0) is 34.0 Å². The van der Waals surface area contributed by atoms with E-state index in [1.54, 1.807) is 20.3 Å². The highest BCUT2D eigenvalue weighted by atomic mass is 16.5. The molecule has 2 aromatic heterocycles. The molecule has 11 nitrogen and oxygen atoms in total. The van der Waals surface area contributed by atoms with Gasteiger partial charge in [0.05, 0.1) is 13.1 Å². The van der Waals surface area contributed by atoms with Crippen LogP contribution in [0.1, 0.15) is 64.0 Å². The van der Waals surface area contributed by atoms with Crippen LogP contribution in [0.3, 0.4) is 0 Å². The number of aromatic amines is 1. The predicted octanol–water partition coefficient (Wildman–Crippen LogP) is 2.85. The smallest absolute Gasteiger partial charge is 0.306 e. The molecule has 0 aromatic carbocycles. The van der Waals surface area contributed by atoms with E-state index in [1.165, 1.54) is 56.9 Å². The Morgan fingerprint density at radius 2 is 1.79 bits per heavy atom. The summed E-state index contributed by atoms with van der Waals surface area (Å²) in [7, 11) is 3.29. The molecule has 2 fully saturated rings. The van der Waals surface area contributed by atoms with Crippen LogP contribution in [0.25, 0.3) is 0 Å². The van der Waals surface area contributed by atoms with E-state index in [0.29, 0.717) is 31.5 Å². The number of carbonyl (C=O) groups is 2. The fraction of sp³-hybridized carbons (Fsp3) is 0.742. The molecule has 0 radical (unpaired) electrons. The Balaban J connectivity index is 1.22. The second-order valence-electron chi connectivity index (χ2n) is 12.9. The molecule has 0 atom stereocenters. The molecule has 4 rings (SSSR count). The van der Waals surface area contributed by atoms with E-state index >= 15 is 0 Å². The number of H-pyrrole nitrogens is 1. The first-order chi connectivity index (χ1) is 20.2. The van der Waals surface area contributed by atoms with Gasteiger partial charge in [-0.3, -0.25) is 14.5 Å². The first-order valence-electron chi connectivity index (χ1n) is 15.7. The van der Waals surface area contributed by atoms with Crippen molar-refractivity contribution in [2.24, 2.45) is 11.3 Å². The Labute approximate surface area is 251 Å². The number of amides is 1. The lowest BCUT2D eigenvalue weighted by molar-refractivity contribution is -0.151. The molecule has 42 heavy (non-hydrogen) atoms. The summed E-state index contributed by atoms with van der Waals surface area (Å²) < 4.78 is 7.40. The van der Waals surface area contributed by atoms with Gasteiger partial charge >= 0.3 is 5.97 Å². The monoisotopic (exact) mass is 584 g/mol. The highest BCUT2D eigenvalue weighted by molar-refractivity contribution is 5.80. The maximum absolute atomic E-state index is 12.2. The normalized spacial score (nSPS) is 17.5. The lowest BCUT2D eigenvalue weighted by Crippen LogP contribution is -2.42. The van der Waals surface area contributed by atoms with Crippen LogP contribution in [0.2, 0.25) is 0 Å². The van der Waals surface area contributed by atoms with Gasteiger partial charge in [-0.05, 0) is 76.2 Å². The predicted molar refractivity (Wildman–Crippen MR) is 162 cm³/mol. The van der Waals surface area contributed by atoms with Gasteiger partial charge in [0.2, 0.25) is 0 Å². The number of piperidine rings is 1. The number of aryl methyl sites for hydroxylation is 1. The Bertz CT molecular complexity index is 1090. The van der Waals surface area contributed by atoms with Crippen molar-refractivity contribution in [3.63, 3.8) is 0 Å². The molecule has 1 N–H and O–H groups in total. The van der Waals surface area contributed by atoms with E-state index in [0.717, 1.165) is 37.1 Å². The summed E-state index contributed by atoms with van der Waals surface area (Å²) in [5.74, 6) is 2.08. The molecule has 0 saturated carbocycles. The van der Waals surface area contributed by atoms with Crippen molar-refractivity contribution >= 4 is 11.9 Å². The number of carbonyl (C=O) groups excluding carboxylic acids is 2. The Morgan fingerprint density at radius 3 is 2.48 bits per heavy atom. The molecular formula is C31H52N8O3. The van der Waals surface area contributed by atoms with E-state index in [1.807, 2.05) is 12.4 Å². The van der Waals surface area contributed by atoms with Crippen molar-refractivity contribution in [1.82, 2.24) is 39.1 Å². The molecule has 0 unspecified atom stereocenters. The molecule has 0 bridgehead atoms. The maximum atomic E-state index is 12.2. The van der Waals surface area contributed by atoms with Gasteiger partial charge in [0.1, 0.15) is 11.6 Å². The Morgan fingerprint density at radius 1 is 1.02 bits per heavy atom. The summed E-state index contributed by atoms with van der Waals surface area (Å²) in [6.07, 6.45) is 13.6. The highest BCUT2D eigenvalue weighted by Gasteiger charge is 2.40. The fourth-order valence-corrected chi connectivity index (χ4v) is 6.31. The van der Waals surface area contributed by atoms with E-state index < -0.39 is 0 Å². The molecule has 2 aliphatic heterocycles. The number of rotatable bonds is 16. The summed E-state index contributed by atoms with van der Waals surface area (Å²) in [5, 5.41) is 0. The summed E-state index contributed by atoms with van der Waals surface area (Å²) in [6, 6.07) is 0. The van der Waals surface area contributed by atoms with E-state index in [4.69, 9.17) is 4.74 Å². The van der Waals surface area contributed by atoms with Crippen molar-refractivity contribution in [3.05, 3.63) is 36.4 Å². The summed E-state index contributed by atoms with van der Waals surface area (Å²) in [5.41, 5.74) is 0.536. The van der Waals surface area contributed by atoms with Crippen LogP contribution in [0.5, 0.6) is 0 Å². The van der Waals surface area contributed by atoms with Gasteiger partial charge in [-0.15, -0.1) is 0 Å². The van der Waals surface area contributed by atoms with E-state index in [9.17, 15) is 9.59 Å². The van der Waals surface area contributed by atoms with Crippen LogP contribution in [0.15, 0.2) is 24.8 Å². The standard InChI is InChI=1S/C31H52N8O3/c1-26(2)21-36-17-8-31(9-18-36)10-19-37(25-31)15-6-16-39-20-13-34-28(39)23-38(22-27-32-11-12-33-27)14-5-7-30(41)42-24-29(40)35(3)4/h11-13,20,26H,5-10,14-19,21-25H2,1-4H3,(H,32,33). The molecule has 234 valence electrons. The molecule has 11 heteroatoms. The maximum Gasteiger partial charge on any atom is 0.306 e. The number of aromatic nitrogens is 4. The van der Waals surface area contributed by atoms with Crippen molar-refractivity contribution in [3.8, 4) is 0 Å². The molecule has 2 aliphatic rings. The molecule has 4 heterocycles. The average molecular weight is 585 g/mol. The minimum Gasteiger partial charge on any atom is -0.456 e. The van der Waals surface area contributed by atoms with Crippen LogP contribution < -0.4 is 0 Å². The van der Waals surface area contributed by atoms with Crippen molar-refractivity contribution in [1.29, 1.82) is 0 Å². The Hall–Kier alpha value is -2.76. The quantitative estimate of drug-likeness (QED) is 0.301. The Kier molecular flexibility index (Phi) is 12.0. The van der Waals surface area contributed by atoms with Gasteiger partial charge in [-0.2, -0.15) is 0 Å². The van der Waals surface area contributed by atoms with Crippen LogP contribution >= 0.6 is 0 Å². The van der Waals surface area contributed by atoms with Crippen molar-refractivity contribution in [2.75, 3.05) is 66.5 Å². The summed E-state index contributed by atoms with van der Waals surface area (Å²) in [6.45, 7) is 14.7. The lowest BCUT2D eigenvalue weighted by Gasteiger charge is -2.40. The van der Waals surface area contributed by atoms with Gasteiger partial charge in [0.15, 0.2) is 6.61 Å². The second-order valence-corrected chi connectivity index (χ2v) is 12.9. The summed E-state index contributed by atoms with van der Waals surface area (Å²) in [4.78, 5) is 45.1. The van der Waals surface area contributed by atoms with Crippen LogP contribution in [0.4, 0.5) is 0 Å². The second kappa shape index (κ2) is 15.6. The number of likely N-dealkylation sites (N-methyl/N-ethyl adjacent to an activating group) is 1. The molecule has 1 spiro atoms. The third-order valence-electron chi connectivity index (χ3n) is 8.74. The fourth-order valence-electron chi connectivity index (χ4n) is 6.31. The third-order valence-corrected chi connectivity index (χ3v) is 8.74. The topological polar surface area (TPSA) is 103 Å². The SMILES string of the molecule is CC(C)CN1CCC2(CC1)CCN(CCCn1ccnc1CN(CCCC(=O)OCC(=O)N(C)C)Cc1ncc[nH]1)C2. The zero-order chi connectivity index (χ0) is 30.0. The number of esters is 1. The number of nitrogens with one attached hydrogen (secondary N) is 1. The molecule has 1 amide bonds. The van der Waals surface area contributed by atoms with Gasteiger partial charge in [0.25, 0.3) is 5.91 Å². The number of likely N-dealkylation sites (tertiary alicyclic amines) is 2. The minimum absolute atomic E-state index is 0.214. The van der Waals surface area contributed by atoms with E-state index in [-0.39, 0.29) is 24.9 Å². The zero-order valence-electron chi connectivity index (χ0n) is 26.3. The average Bonchev–Trinajstić information content (AvgIpc) is 3.71. The molecule has 2 saturated heterocycles. The number of hydrogen-bond acceptors (Lipinski definition) is 8. The van der Waals surface area contributed by atoms with Gasteiger partial charge in [-0.1, -0.05) is 13.8 Å². The number of imidazole rings is 2. The summed E-state index contributed by atoms with van der Waals surface area (Å²) >= 11 is 0. The third kappa shape index (κ3) is 9.91. The van der Waals surface area contributed by atoms with Gasteiger partial charge in [-0.25, -0.2) is 9.97 Å². The molecule has 0 aliphatic carbocycles. The minimum atomic E-state index is -0.352. The number of ether oxygens (including phenoxy) is 1. The molecule has 2 aromatic rings. The first kappa shape index (κ1) is 32.2. The van der Waals surface area contributed by atoms with Gasteiger partial charge in [0, 0.05) is 64.9 Å². The largest absolute Gasteiger partial charge is 0.456 e. The van der Waals surface area contributed by atoms with Crippen molar-refractivity contribution in [2.45, 2.75) is 72.0 Å². The molecular weight excluding hydrogens is 532 g/mol. The first-order valence-corrected chi connectivity index (χ1v) is 15.7. The number of hydrogen-bond donors (Lipinski definition) is 1. The van der Waals surface area contributed by atoms with Crippen molar-refractivity contribution < 1.29 is 14.3 Å². The van der Waals surface area contributed by atoms with Crippen LogP contribution in [0, 0.1) is 11.3 Å². The lowest BCUT2D eigenvalue weighted by atomic mass is 9.77. The van der Waals surface area contributed by atoms with Gasteiger partial charge < -0.3 is 29.0 Å². The highest BCUT2D eigenvalue weighted by Crippen LogP contribution is 2.40. The zero-order valence-corrected chi connectivity index (χ0v) is 26.3. The van der Waals surface area contributed by atoms with Crippen LogP contribution in [-0.4, -0.2) is 118 Å². The van der Waals surface area contributed by atoms with E-state index in [2.05, 4.69) is 54.3 Å². The number of nitrogens with zero attached hydrogens (tertiary/aromatic N) is 7.